The molecule has 1 fully saturated rings. The third-order valence-electron chi connectivity index (χ3n) is 3.82. The van der Waals surface area contributed by atoms with Crippen molar-refractivity contribution in [3.63, 3.8) is 0 Å². The third-order valence-corrected chi connectivity index (χ3v) is 3.82. The Morgan fingerprint density at radius 2 is 1.94 bits per heavy atom. The minimum Gasteiger partial charge on any atom is -0.497 e. The smallest absolute Gasteiger partial charge is 0.123 e. The standard InChI is InChI=1S/C14H21NO2/c1-14(2)8-11(14)13(15)10-7-9(16-3)5-6-12(10)17-4/h5-7,11,13H,8,15H2,1-4H3. The first-order chi connectivity index (χ1) is 7.99. The van der Waals surface area contributed by atoms with Crippen molar-refractivity contribution in [2.45, 2.75) is 26.3 Å². The van der Waals surface area contributed by atoms with Crippen LogP contribution in [0.1, 0.15) is 31.9 Å². The molecule has 2 atom stereocenters. The number of methoxy groups -OCH3 is 2. The maximum absolute atomic E-state index is 6.34. The number of hydrogen-bond acceptors (Lipinski definition) is 3. The van der Waals surface area contributed by atoms with Crippen molar-refractivity contribution in [2.24, 2.45) is 17.1 Å². The van der Waals surface area contributed by atoms with Gasteiger partial charge in [-0.1, -0.05) is 13.8 Å². The van der Waals surface area contributed by atoms with E-state index in [0.29, 0.717) is 11.3 Å². The Hall–Kier alpha value is -1.22. The van der Waals surface area contributed by atoms with Crippen molar-refractivity contribution >= 4 is 0 Å². The summed E-state index contributed by atoms with van der Waals surface area (Å²) in [5, 5.41) is 0. The van der Waals surface area contributed by atoms with Crippen LogP contribution in [-0.2, 0) is 0 Å². The van der Waals surface area contributed by atoms with E-state index in [4.69, 9.17) is 15.2 Å². The molecule has 0 spiro atoms. The fourth-order valence-corrected chi connectivity index (χ4v) is 2.44. The molecule has 1 aromatic rings. The topological polar surface area (TPSA) is 44.5 Å². The maximum Gasteiger partial charge on any atom is 0.123 e. The van der Waals surface area contributed by atoms with Crippen molar-refractivity contribution in [1.29, 1.82) is 0 Å². The molecule has 0 aromatic heterocycles. The molecule has 0 radical (unpaired) electrons. The molecule has 1 aromatic carbocycles. The SMILES string of the molecule is COc1ccc(OC)c(C(N)C2CC2(C)C)c1. The van der Waals surface area contributed by atoms with Crippen LogP contribution in [0.2, 0.25) is 0 Å². The molecular formula is C14H21NO2. The number of rotatable bonds is 4. The second-order valence-corrected chi connectivity index (χ2v) is 5.43. The zero-order valence-electron chi connectivity index (χ0n) is 11.0. The highest BCUT2D eigenvalue weighted by Gasteiger charge is 2.49. The van der Waals surface area contributed by atoms with Crippen molar-refractivity contribution in [3.8, 4) is 11.5 Å². The van der Waals surface area contributed by atoms with Gasteiger partial charge in [0.25, 0.3) is 0 Å². The molecule has 0 heterocycles. The molecule has 0 saturated heterocycles. The first-order valence-electron chi connectivity index (χ1n) is 5.97. The summed E-state index contributed by atoms with van der Waals surface area (Å²) in [6, 6.07) is 5.82. The Kier molecular flexibility index (Phi) is 3.04. The van der Waals surface area contributed by atoms with E-state index in [1.807, 2.05) is 18.2 Å². The van der Waals surface area contributed by atoms with E-state index in [-0.39, 0.29) is 6.04 Å². The lowest BCUT2D eigenvalue weighted by Crippen LogP contribution is -2.16. The van der Waals surface area contributed by atoms with E-state index in [1.54, 1.807) is 14.2 Å². The average molecular weight is 235 g/mol. The molecule has 0 amide bonds. The van der Waals surface area contributed by atoms with E-state index in [1.165, 1.54) is 6.42 Å². The van der Waals surface area contributed by atoms with Crippen LogP contribution in [0.25, 0.3) is 0 Å². The Bertz CT molecular complexity index is 415. The fraction of sp³-hybridized carbons (Fsp3) is 0.571. The summed E-state index contributed by atoms with van der Waals surface area (Å²) in [5.74, 6) is 2.21. The van der Waals surface area contributed by atoms with Crippen molar-refractivity contribution in [2.75, 3.05) is 14.2 Å². The molecule has 2 rings (SSSR count). The normalized spacial score (nSPS) is 23.0. The van der Waals surface area contributed by atoms with Gasteiger partial charge in [0.05, 0.1) is 14.2 Å². The molecule has 1 aliphatic rings. The van der Waals surface area contributed by atoms with Crippen LogP contribution in [-0.4, -0.2) is 14.2 Å². The van der Waals surface area contributed by atoms with Gasteiger partial charge in [-0.25, -0.2) is 0 Å². The average Bonchev–Trinajstić information content (AvgIpc) is 2.96. The monoisotopic (exact) mass is 235 g/mol. The largest absolute Gasteiger partial charge is 0.497 e. The number of nitrogens with two attached hydrogens (primary N) is 1. The molecule has 3 nitrogen and oxygen atoms in total. The lowest BCUT2D eigenvalue weighted by molar-refractivity contribution is 0.388. The number of hydrogen-bond donors (Lipinski definition) is 1. The minimum atomic E-state index is 0.0232. The predicted molar refractivity (Wildman–Crippen MR) is 68.4 cm³/mol. The van der Waals surface area contributed by atoms with Gasteiger partial charge >= 0.3 is 0 Å². The first kappa shape index (κ1) is 12.2. The summed E-state index contributed by atoms with van der Waals surface area (Å²) in [6.45, 7) is 4.51. The lowest BCUT2D eigenvalue weighted by atomic mass is 9.97. The molecule has 2 unspecified atom stereocenters. The van der Waals surface area contributed by atoms with Crippen LogP contribution in [0.5, 0.6) is 11.5 Å². The summed E-state index contributed by atoms with van der Waals surface area (Å²) >= 11 is 0. The lowest BCUT2D eigenvalue weighted by Gasteiger charge is -2.18. The third kappa shape index (κ3) is 2.25. The van der Waals surface area contributed by atoms with Crippen LogP contribution in [0.4, 0.5) is 0 Å². The molecule has 1 saturated carbocycles. The summed E-state index contributed by atoms with van der Waals surface area (Å²) < 4.78 is 10.6. The van der Waals surface area contributed by atoms with Crippen LogP contribution < -0.4 is 15.2 Å². The van der Waals surface area contributed by atoms with Gasteiger partial charge in [0.1, 0.15) is 11.5 Å². The fourth-order valence-electron chi connectivity index (χ4n) is 2.44. The molecule has 1 aliphatic carbocycles. The van der Waals surface area contributed by atoms with E-state index >= 15 is 0 Å². The van der Waals surface area contributed by atoms with Crippen LogP contribution >= 0.6 is 0 Å². The van der Waals surface area contributed by atoms with Gasteiger partial charge in [-0.05, 0) is 36.0 Å². The Morgan fingerprint density at radius 3 is 2.41 bits per heavy atom. The summed E-state index contributed by atoms with van der Waals surface area (Å²) in [6.07, 6.45) is 1.18. The Morgan fingerprint density at radius 1 is 1.29 bits per heavy atom. The van der Waals surface area contributed by atoms with Crippen molar-refractivity contribution in [3.05, 3.63) is 23.8 Å². The molecule has 3 heteroatoms. The van der Waals surface area contributed by atoms with Crippen LogP contribution in [0, 0.1) is 11.3 Å². The molecule has 0 aliphatic heterocycles. The highest BCUT2D eigenvalue weighted by Crippen LogP contribution is 2.57. The zero-order chi connectivity index (χ0) is 12.6. The molecule has 94 valence electrons. The minimum absolute atomic E-state index is 0.0232. The van der Waals surface area contributed by atoms with Gasteiger partial charge in [0.2, 0.25) is 0 Å². The van der Waals surface area contributed by atoms with Gasteiger partial charge < -0.3 is 15.2 Å². The van der Waals surface area contributed by atoms with E-state index < -0.39 is 0 Å². The summed E-state index contributed by atoms with van der Waals surface area (Å²) in [4.78, 5) is 0. The molecular weight excluding hydrogens is 214 g/mol. The molecule has 0 bridgehead atoms. The summed E-state index contributed by atoms with van der Waals surface area (Å²) in [7, 11) is 3.34. The molecule has 2 N–H and O–H groups in total. The van der Waals surface area contributed by atoms with Crippen LogP contribution in [0.15, 0.2) is 18.2 Å². The Balaban J connectivity index is 2.29. The van der Waals surface area contributed by atoms with E-state index in [0.717, 1.165) is 17.1 Å². The van der Waals surface area contributed by atoms with Gasteiger partial charge in [0.15, 0.2) is 0 Å². The highest BCUT2D eigenvalue weighted by atomic mass is 16.5. The van der Waals surface area contributed by atoms with E-state index in [2.05, 4.69) is 13.8 Å². The van der Waals surface area contributed by atoms with Gasteiger partial charge in [-0.3, -0.25) is 0 Å². The second-order valence-electron chi connectivity index (χ2n) is 5.43. The number of benzene rings is 1. The maximum atomic E-state index is 6.34. The van der Waals surface area contributed by atoms with Crippen molar-refractivity contribution < 1.29 is 9.47 Å². The highest BCUT2D eigenvalue weighted by molar-refractivity contribution is 5.43. The Labute approximate surface area is 103 Å². The van der Waals surface area contributed by atoms with E-state index in [9.17, 15) is 0 Å². The zero-order valence-corrected chi connectivity index (χ0v) is 11.0. The van der Waals surface area contributed by atoms with Crippen molar-refractivity contribution in [1.82, 2.24) is 0 Å². The molecule has 17 heavy (non-hydrogen) atoms. The van der Waals surface area contributed by atoms with Gasteiger partial charge in [-0.2, -0.15) is 0 Å². The summed E-state index contributed by atoms with van der Waals surface area (Å²) in [5.41, 5.74) is 7.74. The first-order valence-corrected chi connectivity index (χ1v) is 5.97. The predicted octanol–water partition coefficient (Wildman–Crippen LogP) is 2.75. The second kappa shape index (κ2) is 4.22. The quantitative estimate of drug-likeness (QED) is 0.872. The van der Waals surface area contributed by atoms with Gasteiger partial charge in [0, 0.05) is 11.6 Å². The van der Waals surface area contributed by atoms with Crippen LogP contribution in [0.3, 0.4) is 0 Å². The van der Waals surface area contributed by atoms with Gasteiger partial charge in [-0.15, -0.1) is 0 Å². The number of ether oxygens (including phenoxy) is 2.